The molecule has 0 bridgehead atoms. The van der Waals surface area contributed by atoms with Gasteiger partial charge in [-0.1, -0.05) is 6.07 Å². The van der Waals surface area contributed by atoms with Gasteiger partial charge >= 0.3 is 5.97 Å². The lowest BCUT2D eigenvalue weighted by Crippen LogP contribution is -2.06. The highest BCUT2D eigenvalue weighted by atomic mass is 16.5. The van der Waals surface area contributed by atoms with Crippen LogP contribution in [0.4, 0.5) is 0 Å². The van der Waals surface area contributed by atoms with Crippen LogP contribution in [0.3, 0.4) is 0 Å². The third-order valence-corrected chi connectivity index (χ3v) is 3.90. The number of ether oxygens (including phenoxy) is 3. The highest BCUT2D eigenvalue weighted by molar-refractivity contribution is 5.86. The van der Waals surface area contributed by atoms with Gasteiger partial charge in [-0.15, -0.1) is 0 Å². The maximum absolute atomic E-state index is 11.4. The van der Waals surface area contributed by atoms with Gasteiger partial charge in [0.25, 0.3) is 0 Å². The van der Waals surface area contributed by atoms with Crippen LogP contribution in [0.15, 0.2) is 55.2 Å². The minimum absolute atomic E-state index is 0.285. The first kappa shape index (κ1) is 19.3. The van der Waals surface area contributed by atoms with Gasteiger partial charge in [0.1, 0.15) is 23.8 Å². The SMILES string of the molecule is COC(=O)c1ccc(CCOc2cncc(COc3cncc(C)c3)c2)cn1. The van der Waals surface area contributed by atoms with Crippen molar-refractivity contribution in [3.05, 3.63) is 77.6 Å². The van der Waals surface area contributed by atoms with E-state index in [1.165, 1.54) is 7.11 Å². The number of hydrogen-bond acceptors (Lipinski definition) is 7. The molecule has 3 aromatic heterocycles. The Morgan fingerprint density at radius 3 is 2.43 bits per heavy atom. The number of aromatic nitrogens is 3. The lowest BCUT2D eigenvalue weighted by atomic mass is 10.2. The molecule has 3 aromatic rings. The number of rotatable bonds is 8. The Hall–Kier alpha value is -3.48. The van der Waals surface area contributed by atoms with Gasteiger partial charge in [0.05, 0.1) is 26.1 Å². The Kier molecular flexibility index (Phi) is 6.51. The lowest BCUT2D eigenvalue weighted by molar-refractivity contribution is 0.0594. The number of methoxy groups -OCH3 is 1. The molecule has 0 saturated heterocycles. The summed E-state index contributed by atoms with van der Waals surface area (Å²) in [5.41, 5.74) is 3.20. The molecule has 3 rings (SSSR count). The molecule has 7 nitrogen and oxygen atoms in total. The number of esters is 1. The molecule has 0 amide bonds. The van der Waals surface area contributed by atoms with Gasteiger partial charge < -0.3 is 14.2 Å². The van der Waals surface area contributed by atoms with Crippen LogP contribution in [0, 0.1) is 6.92 Å². The Morgan fingerprint density at radius 1 is 0.929 bits per heavy atom. The number of carbonyl (C=O) groups excluding carboxylic acids is 1. The van der Waals surface area contributed by atoms with E-state index < -0.39 is 5.97 Å². The minimum atomic E-state index is -0.450. The summed E-state index contributed by atoms with van der Waals surface area (Å²) < 4.78 is 16.1. The first-order chi connectivity index (χ1) is 13.6. The number of carbonyl (C=O) groups is 1. The zero-order chi connectivity index (χ0) is 19.8. The molecule has 3 heterocycles. The first-order valence-corrected chi connectivity index (χ1v) is 8.78. The number of hydrogen-bond donors (Lipinski definition) is 0. The van der Waals surface area contributed by atoms with Gasteiger partial charge in [-0.3, -0.25) is 9.97 Å². The van der Waals surface area contributed by atoms with Crippen LogP contribution in [0.5, 0.6) is 11.5 Å². The van der Waals surface area contributed by atoms with Gasteiger partial charge in [0.2, 0.25) is 0 Å². The van der Waals surface area contributed by atoms with Gasteiger partial charge in [-0.25, -0.2) is 9.78 Å². The third-order valence-electron chi connectivity index (χ3n) is 3.90. The first-order valence-electron chi connectivity index (χ1n) is 8.78. The van der Waals surface area contributed by atoms with Crippen LogP contribution in [0.1, 0.15) is 27.2 Å². The molecule has 0 fully saturated rings. The predicted octanol–water partition coefficient (Wildman–Crippen LogP) is 3.17. The van der Waals surface area contributed by atoms with E-state index in [0.29, 0.717) is 31.1 Å². The predicted molar refractivity (Wildman–Crippen MR) is 102 cm³/mol. The van der Waals surface area contributed by atoms with Crippen LogP contribution in [0.25, 0.3) is 0 Å². The summed E-state index contributed by atoms with van der Waals surface area (Å²) in [6.45, 7) is 2.82. The second-order valence-corrected chi connectivity index (χ2v) is 6.16. The molecule has 0 aliphatic carbocycles. The van der Waals surface area contributed by atoms with Crippen molar-refractivity contribution < 1.29 is 19.0 Å². The third kappa shape index (κ3) is 5.51. The minimum Gasteiger partial charge on any atom is -0.492 e. The Morgan fingerprint density at radius 2 is 1.71 bits per heavy atom. The van der Waals surface area contributed by atoms with Gasteiger partial charge in [0, 0.05) is 30.6 Å². The highest BCUT2D eigenvalue weighted by Crippen LogP contribution is 2.16. The molecule has 0 saturated carbocycles. The van der Waals surface area contributed by atoms with Crippen molar-refractivity contribution in [2.45, 2.75) is 20.0 Å². The largest absolute Gasteiger partial charge is 0.492 e. The number of pyridine rings is 3. The average molecular weight is 379 g/mol. The van der Waals surface area contributed by atoms with Crippen molar-refractivity contribution in [3.8, 4) is 11.5 Å². The standard InChI is InChI=1S/C21H21N3O4/c1-15-7-18(12-22-9-15)28-14-17-8-19(13-23-10-17)27-6-5-16-3-4-20(24-11-16)21(25)26-2/h3-4,7-13H,5-6,14H2,1-2H3. The summed E-state index contributed by atoms with van der Waals surface area (Å²) in [7, 11) is 1.33. The van der Waals surface area contributed by atoms with Gasteiger partial charge in [-0.2, -0.15) is 0 Å². The fourth-order valence-corrected chi connectivity index (χ4v) is 2.48. The molecule has 0 unspecified atom stereocenters. The van der Waals surface area contributed by atoms with Crippen LogP contribution < -0.4 is 9.47 Å². The second kappa shape index (κ2) is 9.45. The van der Waals surface area contributed by atoms with Crippen molar-refractivity contribution in [2.75, 3.05) is 13.7 Å². The van der Waals surface area contributed by atoms with Crippen molar-refractivity contribution in [1.82, 2.24) is 15.0 Å². The molecular formula is C21H21N3O4. The molecule has 7 heteroatoms. The summed E-state index contributed by atoms with van der Waals surface area (Å²) in [5.74, 6) is 0.936. The number of aryl methyl sites for hydroxylation is 1. The van der Waals surface area contributed by atoms with E-state index >= 15 is 0 Å². The Balaban J connectivity index is 1.49. The van der Waals surface area contributed by atoms with Crippen LogP contribution in [0.2, 0.25) is 0 Å². The Bertz CT molecular complexity index is 929. The van der Waals surface area contributed by atoms with Crippen LogP contribution >= 0.6 is 0 Å². The molecule has 0 spiro atoms. The molecule has 28 heavy (non-hydrogen) atoms. The number of nitrogens with zero attached hydrogens (tertiary/aromatic N) is 3. The van der Waals surface area contributed by atoms with Crippen molar-refractivity contribution in [1.29, 1.82) is 0 Å². The summed E-state index contributed by atoms with van der Waals surface area (Å²) >= 11 is 0. The van der Waals surface area contributed by atoms with Crippen molar-refractivity contribution >= 4 is 5.97 Å². The summed E-state index contributed by atoms with van der Waals surface area (Å²) in [5, 5.41) is 0. The van der Waals surface area contributed by atoms with E-state index in [4.69, 9.17) is 9.47 Å². The lowest BCUT2D eigenvalue weighted by Gasteiger charge is -2.09. The van der Waals surface area contributed by atoms with Gasteiger partial charge in [0.15, 0.2) is 0 Å². The van der Waals surface area contributed by atoms with Crippen molar-refractivity contribution in [2.24, 2.45) is 0 Å². The maximum atomic E-state index is 11.4. The van der Waals surface area contributed by atoms with E-state index in [1.807, 2.05) is 25.1 Å². The fraction of sp³-hybridized carbons (Fsp3) is 0.238. The normalized spacial score (nSPS) is 10.4. The van der Waals surface area contributed by atoms with Gasteiger partial charge in [-0.05, 0) is 36.2 Å². The molecule has 0 aliphatic heterocycles. The molecule has 0 aromatic carbocycles. The monoisotopic (exact) mass is 379 g/mol. The zero-order valence-corrected chi connectivity index (χ0v) is 15.8. The fourth-order valence-electron chi connectivity index (χ4n) is 2.48. The van der Waals surface area contributed by atoms with E-state index in [0.717, 1.165) is 16.7 Å². The van der Waals surface area contributed by atoms with E-state index in [9.17, 15) is 4.79 Å². The topological polar surface area (TPSA) is 83.4 Å². The maximum Gasteiger partial charge on any atom is 0.356 e. The second-order valence-electron chi connectivity index (χ2n) is 6.16. The zero-order valence-electron chi connectivity index (χ0n) is 15.8. The molecule has 0 atom stereocenters. The molecule has 144 valence electrons. The summed E-state index contributed by atoms with van der Waals surface area (Å²) in [4.78, 5) is 23.8. The molecule has 0 radical (unpaired) electrons. The highest BCUT2D eigenvalue weighted by Gasteiger charge is 2.06. The molecule has 0 N–H and O–H groups in total. The van der Waals surface area contributed by atoms with Crippen LogP contribution in [-0.4, -0.2) is 34.6 Å². The van der Waals surface area contributed by atoms with Crippen LogP contribution in [-0.2, 0) is 17.8 Å². The summed E-state index contributed by atoms with van der Waals surface area (Å²) in [6.07, 6.45) is 9.17. The van der Waals surface area contributed by atoms with Crippen molar-refractivity contribution in [3.63, 3.8) is 0 Å². The molecular weight excluding hydrogens is 358 g/mol. The van der Waals surface area contributed by atoms with E-state index in [2.05, 4.69) is 19.7 Å². The molecule has 0 aliphatic rings. The van der Waals surface area contributed by atoms with E-state index in [-0.39, 0.29) is 5.69 Å². The van der Waals surface area contributed by atoms with E-state index in [1.54, 1.807) is 37.1 Å². The Labute approximate surface area is 163 Å². The quantitative estimate of drug-likeness (QED) is 0.556. The average Bonchev–Trinajstić information content (AvgIpc) is 2.73. The smallest absolute Gasteiger partial charge is 0.356 e. The summed E-state index contributed by atoms with van der Waals surface area (Å²) in [6, 6.07) is 7.30.